The molecule has 21 heavy (non-hydrogen) atoms. The highest BCUT2D eigenvalue weighted by Crippen LogP contribution is 2.21. The predicted molar refractivity (Wildman–Crippen MR) is 75.5 cm³/mol. The normalized spacial score (nSPS) is 21.4. The average Bonchev–Trinajstić information content (AvgIpc) is 2.48. The van der Waals surface area contributed by atoms with Gasteiger partial charge in [-0.3, -0.25) is 9.59 Å². The molecule has 0 aliphatic heterocycles. The van der Waals surface area contributed by atoms with Gasteiger partial charge in [0.25, 0.3) is 0 Å². The molecule has 0 radical (unpaired) electrons. The summed E-state index contributed by atoms with van der Waals surface area (Å²) in [5.41, 5.74) is 0. The van der Waals surface area contributed by atoms with Gasteiger partial charge >= 0.3 is 6.01 Å². The Labute approximate surface area is 123 Å². The van der Waals surface area contributed by atoms with Gasteiger partial charge in [0, 0.05) is 25.4 Å². The van der Waals surface area contributed by atoms with Crippen molar-refractivity contribution in [2.75, 3.05) is 6.54 Å². The Morgan fingerprint density at radius 2 is 1.90 bits per heavy atom. The van der Waals surface area contributed by atoms with Crippen LogP contribution in [0.5, 0.6) is 6.01 Å². The smallest absolute Gasteiger partial charge is 0.316 e. The highest BCUT2D eigenvalue weighted by Gasteiger charge is 2.24. The first kappa shape index (κ1) is 15.2. The molecular formula is C14H20N4O3. The van der Waals surface area contributed by atoms with E-state index in [1.807, 2.05) is 0 Å². The van der Waals surface area contributed by atoms with E-state index < -0.39 is 0 Å². The van der Waals surface area contributed by atoms with Crippen LogP contribution in [0.4, 0.5) is 0 Å². The molecule has 1 aliphatic carbocycles. The molecule has 0 aromatic carbocycles. The number of ether oxygens (including phenoxy) is 1. The van der Waals surface area contributed by atoms with Crippen LogP contribution >= 0.6 is 0 Å². The molecule has 1 aromatic heterocycles. The average molecular weight is 292 g/mol. The fraction of sp³-hybridized carbons (Fsp3) is 0.571. The van der Waals surface area contributed by atoms with Crippen LogP contribution in [0.3, 0.4) is 0 Å². The monoisotopic (exact) mass is 292 g/mol. The number of aromatic nitrogens is 2. The number of carbonyl (C=O) groups excluding carboxylic acids is 2. The van der Waals surface area contributed by atoms with E-state index in [0.717, 1.165) is 25.7 Å². The quantitative estimate of drug-likeness (QED) is 0.820. The molecule has 0 spiro atoms. The first-order valence-corrected chi connectivity index (χ1v) is 7.11. The lowest BCUT2D eigenvalue weighted by Gasteiger charge is -2.28. The number of amides is 2. The van der Waals surface area contributed by atoms with E-state index in [1.165, 1.54) is 6.92 Å². The number of nitrogens with zero attached hydrogens (tertiary/aromatic N) is 2. The second kappa shape index (κ2) is 7.56. The van der Waals surface area contributed by atoms with Crippen molar-refractivity contribution < 1.29 is 14.3 Å². The minimum absolute atomic E-state index is 0.0314. The maximum atomic E-state index is 11.6. The summed E-state index contributed by atoms with van der Waals surface area (Å²) in [4.78, 5) is 30.4. The molecule has 1 saturated carbocycles. The lowest BCUT2D eigenvalue weighted by molar-refractivity contribution is -0.125. The van der Waals surface area contributed by atoms with Crippen LogP contribution < -0.4 is 15.4 Å². The molecule has 2 amide bonds. The number of hydrogen-bond donors (Lipinski definition) is 2. The van der Waals surface area contributed by atoms with E-state index in [2.05, 4.69) is 20.6 Å². The van der Waals surface area contributed by atoms with Gasteiger partial charge in [0.15, 0.2) is 0 Å². The Morgan fingerprint density at radius 1 is 1.24 bits per heavy atom. The largest absolute Gasteiger partial charge is 0.460 e. The molecule has 2 rings (SSSR count). The van der Waals surface area contributed by atoms with Crippen LogP contribution in [0, 0.1) is 0 Å². The van der Waals surface area contributed by atoms with E-state index in [0.29, 0.717) is 6.01 Å². The second-order valence-corrected chi connectivity index (χ2v) is 5.10. The highest BCUT2D eigenvalue weighted by atomic mass is 16.5. The summed E-state index contributed by atoms with van der Waals surface area (Å²) >= 11 is 0. The predicted octanol–water partition coefficient (Wildman–Crippen LogP) is 0.419. The van der Waals surface area contributed by atoms with E-state index in [1.54, 1.807) is 18.5 Å². The lowest BCUT2D eigenvalue weighted by atomic mass is 9.93. The number of hydrogen-bond acceptors (Lipinski definition) is 5. The summed E-state index contributed by atoms with van der Waals surface area (Å²) in [6.45, 7) is 1.42. The van der Waals surface area contributed by atoms with Gasteiger partial charge in [0.1, 0.15) is 6.10 Å². The van der Waals surface area contributed by atoms with Gasteiger partial charge in [0.05, 0.1) is 6.54 Å². The Balaban J connectivity index is 1.68. The van der Waals surface area contributed by atoms with Crippen molar-refractivity contribution in [2.45, 2.75) is 44.8 Å². The van der Waals surface area contributed by atoms with Crippen LogP contribution in [0.15, 0.2) is 18.5 Å². The number of rotatable bonds is 5. The van der Waals surface area contributed by atoms with Crippen molar-refractivity contribution in [1.82, 2.24) is 20.6 Å². The molecule has 1 heterocycles. The Hall–Kier alpha value is -2.18. The molecular weight excluding hydrogens is 272 g/mol. The van der Waals surface area contributed by atoms with Crippen molar-refractivity contribution in [3.8, 4) is 6.01 Å². The third-order valence-corrected chi connectivity index (χ3v) is 3.35. The van der Waals surface area contributed by atoms with E-state index in [4.69, 9.17) is 4.74 Å². The summed E-state index contributed by atoms with van der Waals surface area (Å²) in [6, 6.07) is 2.28. The van der Waals surface area contributed by atoms with Crippen LogP contribution in [-0.4, -0.2) is 40.5 Å². The third kappa shape index (κ3) is 5.37. The van der Waals surface area contributed by atoms with Gasteiger partial charge in [0.2, 0.25) is 11.8 Å². The maximum Gasteiger partial charge on any atom is 0.316 e. The lowest BCUT2D eigenvalue weighted by Crippen LogP contribution is -2.44. The summed E-state index contributed by atoms with van der Waals surface area (Å²) < 4.78 is 5.70. The van der Waals surface area contributed by atoms with Crippen molar-refractivity contribution in [3.05, 3.63) is 18.5 Å². The minimum Gasteiger partial charge on any atom is -0.460 e. The number of carbonyl (C=O) groups is 2. The zero-order valence-corrected chi connectivity index (χ0v) is 12.0. The first-order chi connectivity index (χ1) is 10.1. The molecule has 7 heteroatoms. The van der Waals surface area contributed by atoms with Crippen molar-refractivity contribution in [3.63, 3.8) is 0 Å². The first-order valence-electron chi connectivity index (χ1n) is 7.11. The SMILES string of the molecule is CC(=O)NCC(=O)NC1CCC(Oc2ncccn2)CC1. The van der Waals surface area contributed by atoms with Gasteiger partial charge in [-0.25, -0.2) is 9.97 Å². The molecule has 1 fully saturated rings. The fourth-order valence-corrected chi connectivity index (χ4v) is 2.30. The second-order valence-electron chi connectivity index (χ2n) is 5.10. The minimum atomic E-state index is -0.204. The van der Waals surface area contributed by atoms with Gasteiger partial charge in [-0.05, 0) is 31.7 Å². The van der Waals surface area contributed by atoms with E-state index in [9.17, 15) is 9.59 Å². The van der Waals surface area contributed by atoms with Crippen molar-refractivity contribution in [1.29, 1.82) is 0 Å². The fourth-order valence-electron chi connectivity index (χ4n) is 2.30. The summed E-state index contributed by atoms with van der Waals surface area (Å²) in [6.07, 6.45) is 6.79. The number of nitrogens with one attached hydrogen (secondary N) is 2. The summed E-state index contributed by atoms with van der Waals surface area (Å²) in [5, 5.41) is 5.40. The van der Waals surface area contributed by atoms with Gasteiger partial charge in [-0.2, -0.15) is 0 Å². The van der Waals surface area contributed by atoms with Crippen LogP contribution in [-0.2, 0) is 9.59 Å². The van der Waals surface area contributed by atoms with Crippen LogP contribution in [0.2, 0.25) is 0 Å². The Kier molecular flexibility index (Phi) is 5.48. The van der Waals surface area contributed by atoms with Crippen molar-refractivity contribution in [2.24, 2.45) is 0 Å². The van der Waals surface area contributed by atoms with Gasteiger partial charge < -0.3 is 15.4 Å². The Bertz CT molecular complexity index is 472. The summed E-state index contributed by atoms with van der Waals surface area (Å²) in [7, 11) is 0. The molecule has 7 nitrogen and oxygen atoms in total. The van der Waals surface area contributed by atoms with Gasteiger partial charge in [-0.15, -0.1) is 0 Å². The van der Waals surface area contributed by atoms with E-state index >= 15 is 0 Å². The molecule has 1 aliphatic rings. The molecule has 114 valence electrons. The van der Waals surface area contributed by atoms with Crippen LogP contribution in [0.25, 0.3) is 0 Å². The zero-order chi connectivity index (χ0) is 15.1. The molecule has 2 N–H and O–H groups in total. The Morgan fingerprint density at radius 3 is 2.52 bits per heavy atom. The highest BCUT2D eigenvalue weighted by molar-refractivity contribution is 5.83. The third-order valence-electron chi connectivity index (χ3n) is 3.35. The molecule has 1 aromatic rings. The van der Waals surface area contributed by atoms with Gasteiger partial charge in [-0.1, -0.05) is 0 Å². The molecule has 0 saturated heterocycles. The topological polar surface area (TPSA) is 93.2 Å². The standard InChI is InChI=1S/C14H20N4O3/c1-10(19)17-9-13(20)18-11-3-5-12(6-4-11)21-14-15-7-2-8-16-14/h2,7-8,11-12H,3-6,9H2,1H3,(H,17,19)(H,18,20). The van der Waals surface area contributed by atoms with E-state index in [-0.39, 0.29) is 30.5 Å². The summed E-state index contributed by atoms with van der Waals surface area (Å²) in [5.74, 6) is -0.355. The molecule has 0 unspecified atom stereocenters. The van der Waals surface area contributed by atoms with Crippen LogP contribution in [0.1, 0.15) is 32.6 Å². The molecule has 0 atom stereocenters. The zero-order valence-electron chi connectivity index (χ0n) is 12.0. The molecule has 0 bridgehead atoms. The maximum absolute atomic E-state index is 11.6. The van der Waals surface area contributed by atoms with Crippen molar-refractivity contribution >= 4 is 11.8 Å².